The SMILES string of the molecule is COc1cccc(COc2c(OC)cc(OC)c3ccc(-c4ncccn4)nc23)c1. The van der Waals surface area contributed by atoms with E-state index in [9.17, 15) is 0 Å². The lowest BCUT2D eigenvalue weighted by molar-refractivity contribution is 0.286. The molecule has 0 saturated carbocycles. The monoisotopic (exact) mass is 403 g/mol. The molecule has 7 nitrogen and oxygen atoms in total. The van der Waals surface area contributed by atoms with Crippen LogP contribution in [0.5, 0.6) is 23.0 Å². The molecule has 7 heteroatoms. The molecule has 4 aromatic rings. The second kappa shape index (κ2) is 8.65. The number of fused-ring (bicyclic) bond motifs is 1. The van der Waals surface area contributed by atoms with Crippen LogP contribution in [0.2, 0.25) is 0 Å². The van der Waals surface area contributed by atoms with E-state index in [0.29, 0.717) is 40.9 Å². The standard InChI is InChI=1S/C23H21N3O4/c1-27-16-7-4-6-15(12-16)14-30-22-20(29-3)13-19(28-2)17-8-9-18(26-21(17)22)23-24-10-5-11-25-23/h4-13H,14H2,1-3H3. The van der Waals surface area contributed by atoms with Gasteiger partial charge in [0.25, 0.3) is 0 Å². The van der Waals surface area contributed by atoms with Crippen LogP contribution in [0, 0.1) is 0 Å². The normalized spacial score (nSPS) is 10.6. The van der Waals surface area contributed by atoms with Gasteiger partial charge in [-0.1, -0.05) is 12.1 Å². The molecule has 0 radical (unpaired) electrons. The summed E-state index contributed by atoms with van der Waals surface area (Å²) in [4.78, 5) is 13.4. The van der Waals surface area contributed by atoms with Crippen molar-refractivity contribution in [1.29, 1.82) is 0 Å². The molecule has 2 aromatic heterocycles. The van der Waals surface area contributed by atoms with Gasteiger partial charge in [-0.25, -0.2) is 15.0 Å². The number of methoxy groups -OCH3 is 3. The molecule has 0 bridgehead atoms. The number of hydrogen-bond acceptors (Lipinski definition) is 7. The van der Waals surface area contributed by atoms with E-state index in [1.54, 1.807) is 45.9 Å². The molecule has 152 valence electrons. The van der Waals surface area contributed by atoms with Crippen LogP contribution in [-0.2, 0) is 6.61 Å². The summed E-state index contributed by atoms with van der Waals surface area (Å²) in [5, 5.41) is 0.804. The van der Waals surface area contributed by atoms with Gasteiger partial charge in [0.05, 0.1) is 21.3 Å². The molecule has 0 aliphatic rings. The van der Waals surface area contributed by atoms with Crippen LogP contribution >= 0.6 is 0 Å². The lowest BCUT2D eigenvalue weighted by Crippen LogP contribution is -2.02. The van der Waals surface area contributed by atoms with Crippen LogP contribution in [0.25, 0.3) is 22.4 Å². The Morgan fingerprint density at radius 1 is 0.800 bits per heavy atom. The quantitative estimate of drug-likeness (QED) is 0.455. The van der Waals surface area contributed by atoms with Gasteiger partial charge in [-0.2, -0.15) is 0 Å². The molecule has 0 N–H and O–H groups in total. The third-order valence-corrected chi connectivity index (χ3v) is 4.61. The van der Waals surface area contributed by atoms with Crippen molar-refractivity contribution in [2.75, 3.05) is 21.3 Å². The summed E-state index contributed by atoms with van der Waals surface area (Å²) in [6, 6.07) is 15.0. The summed E-state index contributed by atoms with van der Waals surface area (Å²) >= 11 is 0. The zero-order valence-electron chi connectivity index (χ0n) is 17.0. The lowest BCUT2D eigenvalue weighted by atomic mass is 10.1. The first-order chi connectivity index (χ1) is 14.7. The number of ether oxygens (including phenoxy) is 4. The van der Waals surface area contributed by atoms with Crippen molar-refractivity contribution in [2.45, 2.75) is 6.61 Å². The third kappa shape index (κ3) is 3.82. The molecule has 0 atom stereocenters. The maximum atomic E-state index is 6.18. The fourth-order valence-electron chi connectivity index (χ4n) is 3.14. The van der Waals surface area contributed by atoms with Crippen molar-refractivity contribution in [1.82, 2.24) is 15.0 Å². The molecule has 0 saturated heterocycles. The Bertz CT molecular complexity index is 1170. The topological polar surface area (TPSA) is 75.6 Å². The van der Waals surface area contributed by atoms with E-state index in [-0.39, 0.29) is 0 Å². The fourth-order valence-corrected chi connectivity index (χ4v) is 3.14. The number of benzene rings is 2. The van der Waals surface area contributed by atoms with Crippen molar-refractivity contribution in [3.05, 3.63) is 66.5 Å². The van der Waals surface area contributed by atoms with Crippen molar-refractivity contribution < 1.29 is 18.9 Å². The number of rotatable bonds is 7. The molecule has 4 rings (SSSR count). The summed E-state index contributed by atoms with van der Waals surface area (Å²) < 4.78 is 22.6. The number of hydrogen-bond donors (Lipinski definition) is 0. The van der Waals surface area contributed by atoms with E-state index in [4.69, 9.17) is 23.9 Å². The summed E-state index contributed by atoms with van der Waals surface area (Å²) in [6.07, 6.45) is 3.36. The van der Waals surface area contributed by atoms with Crippen molar-refractivity contribution >= 4 is 10.9 Å². The lowest BCUT2D eigenvalue weighted by Gasteiger charge is -2.16. The first-order valence-electron chi connectivity index (χ1n) is 9.32. The second-order valence-corrected chi connectivity index (χ2v) is 6.42. The van der Waals surface area contributed by atoms with E-state index in [0.717, 1.165) is 16.7 Å². The molecule has 0 aliphatic heterocycles. The molecule has 0 aliphatic carbocycles. The van der Waals surface area contributed by atoms with Crippen LogP contribution in [0.3, 0.4) is 0 Å². The molecular weight excluding hydrogens is 382 g/mol. The smallest absolute Gasteiger partial charge is 0.188 e. The van der Waals surface area contributed by atoms with Gasteiger partial charge in [-0.15, -0.1) is 0 Å². The number of pyridine rings is 1. The molecular formula is C23H21N3O4. The number of nitrogens with zero attached hydrogens (tertiary/aromatic N) is 3. The third-order valence-electron chi connectivity index (χ3n) is 4.61. The van der Waals surface area contributed by atoms with Gasteiger partial charge in [0.2, 0.25) is 0 Å². The highest BCUT2D eigenvalue weighted by Gasteiger charge is 2.18. The van der Waals surface area contributed by atoms with Gasteiger partial charge in [-0.05, 0) is 35.9 Å². The molecule has 0 unspecified atom stereocenters. The fraction of sp³-hybridized carbons (Fsp3) is 0.174. The van der Waals surface area contributed by atoms with E-state index in [1.165, 1.54) is 0 Å². The highest BCUT2D eigenvalue weighted by Crippen LogP contribution is 2.41. The molecule has 0 amide bonds. The largest absolute Gasteiger partial charge is 0.497 e. The molecule has 2 aromatic carbocycles. The van der Waals surface area contributed by atoms with Crippen molar-refractivity contribution in [2.24, 2.45) is 0 Å². The molecule has 2 heterocycles. The Morgan fingerprint density at radius 3 is 2.33 bits per heavy atom. The van der Waals surface area contributed by atoms with Gasteiger partial charge >= 0.3 is 0 Å². The Kier molecular flexibility index (Phi) is 5.61. The van der Waals surface area contributed by atoms with Crippen LogP contribution in [-0.4, -0.2) is 36.3 Å². The highest BCUT2D eigenvalue weighted by atomic mass is 16.5. The average molecular weight is 403 g/mol. The van der Waals surface area contributed by atoms with E-state index < -0.39 is 0 Å². The Morgan fingerprint density at radius 2 is 1.60 bits per heavy atom. The van der Waals surface area contributed by atoms with Crippen molar-refractivity contribution in [3.63, 3.8) is 0 Å². The summed E-state index contributed by atoms with van der Waals surface area (Å²) in [7, 11) is 4.83. The average Bonchev–Trinajstić information content (AvgIpc) is 2.82. The molecule has 0 spiro atoms. The van der Waals surface area contributed by atoms with Crippen LogP contribution in [0.1, 0.15) is 5.56 Å². The van der Waals surface area contributed by atoms with Crippen LogP contribution < -0.4 is 18.9 Å². The Balaban J connectivity index is 1.81. The van der Waals surface area contributed by atoms with E-state index >= 15 is 0 Å². The predicted octanol–water partition coefficient (Wildman–Crippen LogP) is 4.30. The van der Waals surface area contributed by atoms with E-state index in [2.05, 4.69) is 9.97 Å². The summed E-state index contributed by atoms with van der Waals surface area (Å²) in [5.74, 6) is 2.99. The first-order valence-corrected chi connectivity index (χ1v) is 9.32. The summed E-state index contributed by atoms with van der Waals surface area (Å²) in [5.41, 5.74) is 2.20. The first kappa shape index (κ1) is 19.4. The molecule has 30 heavy (non-hydrogen) atoms. The Labute approximate surface area is 174 Å². The van der Waals surface area contributed by atoms with Crippen LogP contribution in [0.15, 0.2) is 60.9 Å². The minimum Gasteiger partial charge on any atom is -0.497 e. The van der Waals surface area contributed by atoms with Crippen molar-refractivity contribution in [3.8, 4) is 34.5 Å². The van der Waals surface area contributed by atoms with Gasteiger partial charge in [0, 0.05) is 23.8 Å². The zero-order valence-corrected chi connectivity index (χ0v) is 17.0. The summed E-state index contributed by atoms with van der Waals surface area (Å²) in [6.45, 7) is 0.322. The van der Waals surface area contributed by atoms with Crippen LogP contribution in [0.4, 0.5) is 0 Å². The maximum Gasteiger partial charge on any atom is 0.188 e. The molecule has 0 fully saturated rings. The van der Waals surface area contributed by atoms with Gasteiger partial charge < -0.3 is 18.9 Å². The minimum atomic E-state index is 0.322. The number of aromatic nitrogens is 3. The zero-order chi connectivity index (χ0) is 20.9. The highest BCUT2D eigenvalue weighted by molar-refractivity contribution is 5.93. The second-order valence-electron chi connectivity index (χ2n) is 6.42. The Hall–Kier alpha value is -3.87. The maximum absolute atomic E-state index is 6.18. The van der Waals surface area contributed by atoms with E-state index in [1.807, 2.05) is 36.4 Å². The minimum absolute atomic E-state index is 0.322. The van der Waals surface area contributed by atoms with Gasteiger partial charge in [0.15, 0.2) is 17.3 Å². The van der Waals surface area contributed by atoms with Gasteiger partial charge in [-0.3, -0.25) is 0 Å². The predicted molar refractivity (Wildman–Crippen MR) is 113 cm³/mol. The van der Waals surface area contributed by atoms with Gasteiger partial charge in [0.1, 0.15) is 29.3 Å².